The standard InChI is InChI=1S/C12H22O2.C4H5N/c1-4-6-7-8-10-11(9-5-2)12(13)14-3;1-2-4-5-3-1/h9H,4-8,10H2,1-3H3;1-5H. The first-order valence-corrected chi connectivity index (χ1v) is 7.11. The van der Waals surface area contributed by atoms with Gasteiger partial charge >= 0.3 is 5.97 Å². The molecule has 3 nitrogen and oxygen atoms in total. The molecule has 0 spiro atoms. The van der Waals surface area contributed by atoms with Crippen LogP contribution in [0.3, 0.4) is 0 Å². The van der Waals surface area contributed by atoms with Crippen molar-refractivity contribution in [1.29, 1.82) is 0 Å². The van der Waals surface area contributed by atoms with E-state index in [0.29, 0.717) is 0 Å². The van der Waals surface area contributed by atoms with Crippen LogP contribution < -0.4 is 0 Å². The first-order chi connectivity index (χ1) is 9.26. The summed E-state index contributed by atoms with van der Waals surface area (Å²) in [4.78, 5) is 14.1. The zero-order chi connectivity index (χ0) is 14.3. The van der Waals surface area contributed by atoms with Gasteiger partial charge in [0.2, 0.25) is 0 Å². The number of aromatic amines is 1. The highest BCUT2D eigenvalue weighted by Gasteiger charge is 2.07. The van der Waals surface area contributed by atoms with Gasteiger partial charge in [-0.25, -0.2) is 4.79 Å². The summed E-state index contributed by atoms with van der Waals surface area (Å²) < 4.78 is 4.71. The van der Waals surface area contributed by atoms with Crippen molar-refractivity contribution in [3.8, 4) is 0 Å². The molecule has 1 rings (SSSR count). The topological polar surface area (TPSA) is 42.1 Å². The van der Waals surface area contributed by atoms with Crippen LogP contribution in [0, 0.1) is 0 Å². The van der Waals surface area contributed by atoms with E-state index >= 15 is 0 Å². The number of H-pyrrole nitrogens is 1. The fraction of sp³-hybridized carbons (Fsp3) is 0.562. The highest BCUT2D eigenvalue weighted by atomic mass is 16.5. The molecule has 0 aliphatic rings. The summed E-state index contributed by atoms with van der Waals surface area (Å²) in [6.45, 7) is 4.22. The van der Waals surface area contributed by atoms with Crippen molar-refractivity contribution in [3.63, 3.8) is 0 Å². The van der Waals surface area contributed by atoms with Gasteiger partial charge in [-0.05, 0) is 31.4 Å². The fourth-order valence-corrected chi connectivity index (χ4v) is 1.68. The van der Waals surface area contributed by atoms with E-state index in [4.69, 9.17) is 4.74 Å². The van der Waals surface area contributed by atoms with Gasteiger partial charge in [-0.1, -0.05) is 39.2 Å². The Bertz CT molecular complexity index is 311. The summed E-state index contributed by atoms with van der Waals surface area (Å²) in [5.41, 5.74) is 0.839. The summed E-state index contributed by atoms with van der Waals surface area (Å²) in [5, 5.41) is 0. The third-order valence-corrected chi connectivity index (χ3v) is 2.69. The van der Waals surface area contributed by atoms with Crippen LogP contribution in [0.15, 0.2) is 36.2 Å². The van der Waals surface area contributed by atoms with Gasteiger partial charge in [0.25, 0.3) is 0 Å². The SMILES string of the molecule is CCC=C(CCCCCC)C(=O)OC.c1cc[nH]c1. The number of hydrogen-bond donors (Lipinski definition) is 1. The molecule has 1 heterocycles. The van der Waals surface area contributed by atoms with E-state index in [-0.39, 0.29) is 5.97 Å². The first-order valence-electron chi connectivity index (χ1n) is 7.11. The third kappa shape index (κ3) is 10.1. The maximum atomic E-state index is 11.3. The number of allylic oxidation sites excluding steroid dienone is 1. The van der Waals surface area contributed by atoms with Crippen LogP contribution in [-0.4, -0.2) is 18.1 Å². The number of esters is 1. The molecule has 0 aliphatic carbocycles. The summed E-state index contributed by atoms with van der Waals surface area (Å²) in [7, 11) is 1.44. The van der Waals surface area contributed by atoms with E-state index in [1.54, 1.807) is 0 Å². The predicted molar refractivity (Wildman–Crippen MR) is 79.9 cm³/mol. The molecule has 0 bridgehead atoms. The highest BCUT2D eigenvalue weighted by Crippen LogP contribution is 2.12. The van der Waals surface area contributed by atoms with Gasteiger partial charge in [-0.15, -0.1) is 0 Å². The average Bonchev–Trinajstić information content (AvgIpc) is 3.00. The van der Waals surface area contributed by atoms with Crippen molar-refractivity contribution in [1.82, 2.24) is 4.98 Å². The Kier molecular flexibility index (Phi) is 11.9. The molecule has 0 saturated heterocycles. The molecule has 0 unspecified atom stereocenters. The lowest BCUT2D eigenvalue weighted by Crippen LogP contribution is -2.04. The molecule has 0 atom stereocenters. The summed E-state index contributed by atoms with van der Waals surface area (Å²) >= 11 is 0. The molecule has 1 aromatic rings. The molecule has 1 N–H and O–H groups in total. The van der Waals surface area contributed by atoms with E-state index < -0.39 is 0 Å². The number of hydrogen-bond acceptors (Lipinski definition) is 2. The Morgan fingerprint density at radius 2 is 1.84 bits per heavy atom. The minimum Gasteiger partial charge on any atom is -0.466 e. The molecule has 3 heteroatoms. The van der Waals surface area contributed by atoms with E-state index in [1.165, 1.54) is 26.4 Å². The number of nitrogens with one attached hydrogen (secondary N) is 1. The Morgan fingerprint density at radius 3 is 2.26 bits per heavy atom. The molecular formula is C16H27NO2. The van der Waals surface area contributed by atoms with E-state index in [9.17, 15) is 4.79 Å². The van der Waals surface area contributed by atoms with Gasteiger partial charge in [0, 0.05) is 18.0 Å². The number of carbonyl (C=O) groups excluding carboxylic acids is 1. The lowest BCUT2D eigenvalue weighted by Gasteiger charge is -2.04. The molecular weight excluding hydrogens is 238 g/mol. The van der Waals surface area contributed by atoms with Crippen LogP contribution in [0.4, 0.5) is 0 Å². The Hall–Kier alpha value is -1.51. The second-order valence-corrected chi connectivity index (χ2v) is 4.32. The molecule has 0 aromatic carbocycles. The van der Waals surface area contributed by atoms with Crippen LogP contribution >= 0.6 is 0 Å². The summed E-state index contributed by atoms with van der Waals surface area (Å²) in [6.07, 6.45) is 12.3. The normalized spacial score (nSPS) is 10.6. The smallest absolute Gasteiger partial charge is 0.333 e. The quantitative estimate of drug-likeness (QED) is 0.448. The van der Waals surface area contributed by atoms with Crippen molar-refractivity contribution in [3.05, 3.63) is 36.2 Å². The van der Waals surface area contributed by atoms with Crippen LogP contribution in [0.1, 0.15) is 52.4 Å². The predicted octanol–water partition coefficient (Wildman–Crippen LogP) is 4.48. The lowest BCUT2D eigenvalue weighted by atomic mass is 10.1. The van der Waals surface area contributed by atoms with Crippen molar-refractivity contribution in [2.45, 2.75) is 52.4 Å². The highest BCUT2D eigenvalue weighted by molar-refractivity contribution is 5.88. The van der Waals surface area contributed by atoms with Crippen LogP contribution in [0.2, 0.25) is 0 Å². The van der Waals surface area contributed by atoms with Gasteiger partial charge in [0.1, 0.15) is 0 Å². The second-order valence-electron chi connectivity index (χ2n) is 4.32. The van der Waals surface area contributed by atoms with E-state index in [2.05, 4.69) is 11.9 Å². The molecule has 0 amide bonds. The van der Waals surface area contributed by atoms with Gasteiger partial charge < -0.3 is 9.72 Å². The Morgan fingerprint density at radius 1 is 1.16 bits per heavy atom. The zero-order valence-corrected chi connectivity index (χ0v) is 12.4. The molecule has 19 heavy (non-hydrogen) atoms. The van der Waals surface area contributed by atoms with Gasteiger partial charge in [0.05, 0.1) is 7.11 Å². The number of unbranched alkanes of at least 4 members (excludes halogenated alkanes) is 3. The summed E-state index contributed by atoms with van der Waals surface area (Å²) in [5.74, 6) is -0.164. The minimum atomic E-state index is -0.164. The van der Waals surface area contributed by atoms with Crippen LogP contribution in [-0.2, 0) is 9.53 Å². The van der Waals surface area contributed by atoms with Crippen molar-refractivity contribution in [2.24, 2.45) is 0 Å². The third-order valence-electron chi connectivity index (χ3n) is 2.69. The monoisotopic (exact) mass is 265 g/mol. The number of methoxy groups -OCH3 is 1. The van der Waals surface area contributed by atoms with Crippen molar-refractivity contribution in [2.75, 3.05) is 7.11 Å². The Labute approximate surface area is 117 Å². The van der Waals surface area contributed by atoms with E-state index in [1.807, 2.05) is 37.5 Å². The zero-order valence-electron chi connectivity index (χ0n) is 12.4. The number of aromatic nitrogens is 1. The number of ether oxygens (including phenoxy) is 1. The largest absolute Gasteiger partial charge is 0.466 e. The van der Waals surface area contributed by atoms with Crippen molar-refractivity contribution < 1.29 is 9.53 Å². The molecule has 0 fully saturated rings. The molecule has 1 aromatic heterocycles. The average molecular weight is 265 g/mol. The Balaban J connectivity index is 0.000000532. The maximum absolute atomic E-state index is 11.3. The lowest BCUT2D eigenvalue weighted by molar-refractivity contribution is -0.136. The van der Waals surface area contributed by atoms with Gasteiger partial charge in [-0.3, -0.25) is 0 Å². The first kappa shape index (κ1) is 17.5. The number of rotatable bonds is 7. The maximum Gasteiger partial charge on any atom is 0.333 e. The van der Waals surface area contributed by atoms with Crippen molar-refractivity contribution >= 4 is 5.97 Å². The molecule has 108 valence electrons. The van der Waals surface area contributed by atoms with E-state index in [0.717, 1.165) is 24.8 Å². The number of carbonyl (C=O) groups is 1. The van der Waals surface area contributed by atoms with Crippen LogP contribution in [0.5, 0.6) is 0 Å². The second kappa shape index (κ2) is 12.9. The van der Waals surface area contributed by atoms with Gasteiger partial charge in [-0.2, -0.15) is 0 Å². The summed E-state index contributed by atoms with van der Waals surface area (Å²) in [6, 6.07) is 3.89. The molecule has 0 radical (unpaired) electrons. The fourth-order valence-electron chi connectivity index (χ4n) is 1.68. The molecule has 0 saturated carbocycles. The molecule has 0 aliphatic heterocycles. The van der Waals surface area contributed by atoms with Gasteiger partial charge in [0.15, 0.2) is 0 Å². The minimum absolute atomic E-state index is 0.164. The van der Waals surface area contributed by atoms with Crippen LogP contribution in [0.25, 0.3) is 0 Å².